The summed E-state index contributed by atoms with van der Waals surface area (Å²) in [5, 5.41) is 0. The van der Waals surface area contributed by atoms with Crippen molar-refractivity contribution in [2.24, 2.45) is 0 Å². The fraction of sp³-hybridized carbons (Fsp3) is 0.355. The predicted molar refractivity (Wildman–Crippen MR) is 148 cm³/mol. The van der Waals surface area contributed by atoms with Gasteiger partial charge in [0.2, 0.25) is 21.6 Å². The number of fused-ring (bicyclic) bond motifs is 3. The van der Waals surface area contributed by atoms with Gasteiger partial charge < -0.3 is 8.83 Å². The van der Waals surface area contributed by atoms with E-state index in [1.165, 1.54) is 11.1 Å². The van der Waals surface area contributed by atoms with E-state index in [4.69, 9.17) is 8.83 Å². The van der Waals surface area contributed by atoms with Crippen molar-refractivity contribution in [2.75, 3.05) is 0 Å². The second kappa shape index (κ2) is 8.53. The van der Waals surface area contributed by atoms with Crippen molar-refractivity contribution in [1.29, 1.82) is 0 Å². The third-order valence-corrected chi connectivity index (χ3v) is 10.5. The maximum Gasteiger partial charge on any atom is 0.227 e. The third-order valence-electron chi connectivity index (χ3n) is 8.78. The van der Waals surface area contributed by atoms with Crippen LogP contribution in [-0.4, -0.2) is 18.4 Å². The van der Waals surface area contributed by atoms with Gasteiger partial charge in [0.1, 0.15) is 11.0 Å². The highest BCUT2D eigenvalue weighted by atomic mass is 32.2. The smallest absolute Gasteiger partial charge is 0.227 e. The normalized spacial score (nSPS) is 17.6. The highest BCUT2D eigenvalue weighted by Gasteiger charge is 2.37. The number of hydrogen-bond acceptors (Lipinski definition) is 6. The molecule has 1 unspecified atom stereocenters. The molecule has 6 nitrogen and oxygen atoms in total. The Kier molecular flexibility index (Phi) is 5.58. The summed E-state index contributed by atoms with van der Waals surface area (Å²) < 4.78 is 39.2. The molecule has 0 bridgehead atoms. The fourth-order valence-electron chi connectivity index (χ4n) is 5.41. The van der Waals surface area contributed by atoms with Gasteiger partial charge in [-0.05, 0) is 90.8 Å². The van der Waals surface area contributed by atoms with Crippen molar-refractivity contribution in [3.05, 3.63) is 71.6 Å². The SMILES string of the molecule is CCC(C)(CC)c1nc2cc(S(=O)(=O)c3ccc4oc(-c5ccc6c(c5)CC6(C)CC)nc4c3)ccc2o1. The molecule has 0 radical (unpaired) electrons. The van der Waals surface area contributed by atoms with E-state index in [1.807, 2.05) is 6.07 Å². The van der Waals surface area contributed by atoms with Crippen LogP contribution in [-0.2, 0) is 27.1 Å². The number of benzene rings is 3. The van der Waals surface area contributed by atoms with Crippen LogP contribution in [0.5, 0.6) is 0 Å². The number of aromatic nitrogens is 2. The van der Waals surface area contributed by atoms with Crippen molar-refractivity contribution in [3.8, 4) is 11.5 Å². The lowest BCUT2D eigenvalue weighted by atomic mass is 9.63. The summed E-state index contributed by atoms with van der Waals surface area (Å²) in [5.74, 6) is 1.13. The first-order valence-corrected chi connectivity index (χ1v) is 14.8. The maximum absolute atomic E-state index is 13.6. The van der Waals surface area contributed by atoms with E-state index >= 15 is 0 Å². The van der Waals surface area contributed by atoms with Gasteiger partial charge in [0, 0.05) is 11.0 Å². The molecule has 0 spiro atoms. The Hall–Kier alpha value is -3.45. The van der Waals surface area contributed by atoms with Crippen molar-refractivity contribution >= 4 is 32.0 Å². The van der Waals surface area contributed by atoms with Crippen molar-refractivity contribution in [2.45, 2.75) is 80.9 Å². The van der Waals surface area contributed by atoms with E-state index in [9.17, 15) is 8.42 Å². The van der Waals surface area contributed by atoms with Crippen LogP contribution in [0.25, 0.3) is 33.7 Å². The zero-order chi connectivity index (χ0) is 26.9. The van der Waals surface area contributed by atoms with Crippen LogP contribution in [0.15, 0.2) is 73.2 Å². The van der Waals surface area contributed by atoms with E-state index in [0.717, 1.165) is 31.2 Å². The first-order valence-electron chi connectivity index (χ1n) is 13.3. The number of nitrogens with zero attached hydrogens (tertiary/aromatic N) is 2. The minimum atomic E-state index is -3.80. The van der Waals surface area contributed by atoms with Crippen molar-refractivity contribution in [3.63, 3.8) is 0 Å². The largest absolute Gasteiger partial charge is 0.440 e. The van der Waals surface area contributed by atoms with Crippen LogP contribution >= 0.6 is 0 Å². The first-order chi connectivity index (χ1) is 18.1. The lowest BCUT2D eigenvalue weighted by molar-refractivity contribution is 0.336. The number of sulfone groups is 1. The van der Waals surface area contributed by atoms with Crippen LogP contribution in [0.4, 0.5) is 0 Å². The molecular weight excluding hydrogens is 496 g/mol. The van der Waals surface area contributed by atoms with Gasteiger partial charge >= 0.3 is 0 Å². The maximum atomic E-state index is 13.6. The average Bonchev–Trinajstić information content (AvgIpc) is 3.55. The van der Waals surface area contributed by atoms with Gasteiger partial charge in [-0.3, -0.25) is 0 Å². The lowest BCUT2D eigenvalue weighted by Crippen LogP contribution is -2.34. The standard InChI is InChI=1S/C31H32N2O4S/c1-6-30(4,7-2)29-33-25-17-22(11-14-27(25)37-29)38(34,35)21-10-13-26-24(16-21)32-28(36-26)19-9-12-23-20(15-19)18-31(23,5)8-3/h9-17H,6-8,18H2,1-5H3. The zero-order valence-electron chi connectivity index (χ0n) is 22.5. The van der Waals surface area contributed by atoms with Gasteiger partial charge in [0.15, 0.2) is 11.2 Å². The minimum Gasteiger partial charge on any atom is -0.440 e. The number of oxazole rings is 2. The van der Waals surface area contributed by atoms with E-state index in [-0.39, 0.29) is 20.6 Å². The van der Waals surface area contributed by atoms with Crippen LogP contribution in [0.2, 0.25) is 0 Å². The second-order valence-corrected chi connectivity index (χ2v) is 13.0. The van der Waals surface area contributed by atoms with Crippen LogP contribution < -0.4 is 0 Å². The lowest BCUT2D eigenvalue weighted by Gasteiger charge is -2.40. The molecule has 38 heavy (non-hydrogen) atoms. The minimum absolute atomic E-state index is 0.163. The summed E-state index contributed by atoms with van der Waals surface area (Å²) in [7, 11) is -3.80. The molecule has 5 aromatic rings. The predicted octanol–water partition coefficient (Wildman–Crippen LogP) is 7.77. The molecule has 7 heteroatoms. The number of rotatable bonds is 7. The Bertz CT molecular complexity index is 1810. The average molecular weight is 529 g/mol. The molecule has 0 fully saturated rings. The summed E-state index contributed by atoms with van der Waals surface area (Å²) in [6.07, 6.45) is 3.92. The molecule has 0 amide bonds. The second-order valence-electron chi connectivity index (χ2n) is 11.0. The Balaban J connectivity index is 1.34. The molecule has 0 saturated carbocycles. The van der Waals surface area contributed by atoms with Gasteiger partial charge in [0.25, 0.3) is 0 Å². The van der Waals surface area contributed by atoms with Gasteiger partial charge in [-0.1, -0.05) is 40.7 Å². The molecule has 1 aliphatic carbocycles. The summed E-state index contributed by atoms with van der Waals surface area (Å²) in [4.78, 5) is 9.63. The summed E-state index contributed by atoms with van der Waals surface area (Å²) in [5.41, 5.74) is 5.86. The third kappa shape index (κ3) is 3.70. The van der Waals surface area contributed by atoms with Gasteiger partial charge in [0.05, 0.1) is 9.79 Å². The first kappa shape index (κ1) is 24.9. The molecule has 1 aliphatic rings. The quantitative estimate of drug-likeness (QED) is 0.214. The molecule has 0 N–H and O–H groups in total. The van der Waals surface area contributed by atoms with Gasteiger partial charge in [-0.2, -0.15) is 0 Å². The Labute approximate surface area is 223 Å². The van der Waals surface area contributed by atoms with E-state index in [2.05, 4.69) is 56.7 Å². The molecule has 2 aromatic heterocycles. The molecule has 0 aliphatic heterocycles. The molecule has 196 valence electrons. The molecule has 1 atom stereocenters. The zero-order valence-corrected chi connectivity index (χ0v) is 23.3. The number of hydrogen-bond donors (Lipinski definition) is 0. The van der Waals surface area contributed by atoms with Gasteiger partial charge in [-0.25, -0.2) is 18.4 Å². The fourth-order valence-corrected chi connectivity index (χ4v) is 6.71. The van der Waals surface area contributed by atoms with Crippen molar-refractivity contribution < 1.29 is 17.3 Å². The Morgan fingerprint density at radius 1 is 0.868 bits per heavy atom. The Morgan fingerprint density at radius 3 is 2.11 bits per heavy atom. The summed E-state index contributed by atoms with van der Waals surface area (Å²) in [6.45, 7) is 10.8. The van der Waals surface area contributed by atoms with E-state index in [0.29, 0.717) is 34.0 Å². The van der Waals surface area contributed by atoms with Crippen LogP contribution in [0.1, 0.15) is 70.9 Å². The molecule has 0 saturated heterocycles. The summed E-state index contributed by atoms with van der Waals surface area (Å²) >= 11 is 0. The van der Waals surface area contributed by atoms with Crippen molar-refractivity contribution in [1.82, 2.24) is 9.97 Å². The van der Waals surface area contributed by atoms with E-state index in [1.54, 1.807) is 36.4 Å². The molecular formula is C31H32N2O4S. The van der Waals surface area contributed by atoms with Gasteiger partial charge in [-0.15, -0.1) is 0 Å². The topological polar surface area (TPSA) is 86.2 Å². The molecule has 6 rings (SSSR count). The Morgan fingerprint density at radius 2 is 1.50 bits per heavy atom. The highest BCUT2D eigenvalue weighted by Crippen LogP contribution is 2.45. The molecule has 3 aromatic carbocycles. The monoisotopic (exact) mass is 528 g/mol. The van der Waals surface area contributed by atoms with Crippen LogP contribution in [0, 0.1) is 0 Å². The molecule has 2 heterocycles. The van der Waals surface area contributed by atoms with Crippen LogP contribution in [0.3, 0.4) is 0 Å². The summed E-state index contributed by atoms with van der Waals surface area (Å²) in [6, 6.07) is 16.0. The highest BCUT2D eigenvalue weighted by molar-refractivity contribution is 7.91. The van der Waals surface area contributed by atoms with E-state index < -0.39 is 9.84 Å².